The average Bonchev–Trinajstić information content (AvgIpc) is 2.83. The molecule has 3 heterocycles. The highest BCUT2D eigenvalue weighted by Crippen LogP contribution is 2.24. The maximum absolute atomic E-state index is 11.8. The second-order valence-corrected chi connectivity index (χ2v) is 5.40. The number of fused-ring (bicyclic) bond motifs is 1. The van der Waals surface area contributed by atoms with Crippen LogP contribution >= 0.6 is 11.8 Å². The largest absolute Gasteiger partial charge is 0.508 e. The number of pyridine rings is 1. The fourth-order valence-electron chi connectivity index (χ4n) is 2.11. The van der Waals surface area contributed by atoms with Crippen LogP contribution in [0, 0.1) is 6.92 Å². The predicted molar refractivity (Wildman–Crippen MR) is 69.2 cm³/mol. The van der Waals surface area contributed by atoms with E-state index in [1.54, 1.807) is 29.3 Å². The lowest BCUT2D eigenvalue weighted by Crippen LogP contribution is -2.21. The summed E-state index contributed by atoms with van der Waals surface area (Å²) >= 11 is 1.73. The number of imidazole rings is 1. The SMILES string of the molecule is Cc1cc(O)cc(=O)n1Cc1cn2c(n1)SCC2. The fourth-order valence-corrected chi connectivity index (χ4v) is 3.08. The zero-order chi connectivity index (χ0) is 12.7. The molecule has 0 saturated heterocycles. The Kier molecular flexibility index (Phi) is 2.66. The minimum absolute atomic E-state index is 0.0108. The summed E-state index contributed by atoms with van der Waals surface area (Å²) in [5.74, 6) is 1.08. The third-order valence-corrected chi connectivity index (χ3v) is 3.96. The van der Waals surface area contributed by atoms with Crippen LogP contribution < -0.4 is 5.56 Å². The summed E-state index contributed by atoms with van der Waals surface area (Å²) in [6.07, 6.45) is 1.99. The molecule has 2 aromatic rings. The summed E-state index contributed by atoms with van der Waals surface area (Å²) in [6.45, 7) is 3.24. The van der Waals surface area contributed by atoms with Gasteiger partial charge in [-0.25, -0.2) is 4.98 Å². The number of aromatic nitrogens is 3. The van der Waals surface area contributed by atoms with E-state index >= 15 is 0 Å². The molecule has 0 atom stereocenters. The van der Waals surface area contributed by atoms with Gasteiger partial charge in [-0.2, -0.15) is 0 Å². The lowest BCUT2D eigenvalue weighted by molar-refractivity contribution is 0.470. The van der Waals surface area contributed by atoms with Crippen molar-refractivity contribution in [1.29, 1.82) is 0 Å². The van der Waals surface area contributed by atoms with Crippen molar-refractivity contribution in [2.75, 3.05) is 5.75 Å². The molecule has 3 rings (SSSR count). The number of rotatable bonds is 2. The Morgan fingerprint density at radius 1 is 1.50 bits per heavy atom. The van der Waals surface area contributed by atoms with Crippen LogP contribution in [0.15, 0.2) is 28.3 Å². The van der Waals surface area contributed by atoms with Crippen LogP contribution in [-0.2, 0) is 13.1 Å². The van der Waals surface area contributed by atoms with Gasteiger partial charge in [-0.3, -0.25) is 4.79 Å². The van der Waals surface area contributed by atoms with Crippen molar-refractivity contribution in [1.82, 2.24) is 14.1 Å². The minimum Gasteiger partial charge on any atom is -0.508 e. The molecule has 2 aromatic heterocycles. The van der Waals surface area contributed by atoms with E-state index in [4.69, 9.17) is 0 Å². The second kappa shape index (κ2) is 4.20. The van der Waals surface area contributed by atoms with E-state index < -0.39 is 0 Å². The highest BCUT2D eigenvalue weighted by molar-refractivity contribution is 7.99. The third kappa shape index (κ3) is 1.92. The molecule has 0 spiro atoms. The molecule has 1 aliphatic rings. The monoisotopic (exact) mass is 263 g/mol. The van der Waals surface area contributed by atoms with Crippen LogP contribution in [0.4, 0.5) is 0 Å². The van der Waals surface area contributed by atoms with Gasteiger partial charge >= 0.3 is 0 Å². The summed E-state index contributed by atoms with van der Waals surface area (Å²) in [6, 6.07) is 2.81. The van der Waals surface area contributed by atoms with Gasteiger partial charge in [-0.1, -0.05) is 11.8 Å². The van der Waals surface area contributed by atoms with Crippen LogP contribution in [0.25, 0.3) is 0 Å². The van der Waals surface area contributed by atoms with Gasteiger partial charge in [-0.15, -0.1) is 0 Å². The second-order valence-electron chi connectivity index (χ2n) is 4.34. The summed E-state index contributed by atoms with van der Waals surface area (Å²) in [7, 11) is 0. The van der Waals surface area contributed by atoms with Crippen LogP contribution in [0.2, 0.25) is 0 Å². The lowest BCUT2D eigenvalue weighted by Gasteiger charge is -2.08. The Morgan fingerprint density at radius 2 is 2.33 bits per heavy atom. The van der Waals surface area contributed by atoms with Crippen LogP contribution in [0.1, 0.15) is 11.4 Å². The first-order valence-corrected chi connectivity index (χ1v) is 6.71. The molecule has 0 fully saturated rings. The Bertz CT molecular complexity index is 638. The Hall–Kier alpha value is -1.69. The number of hydrogen-bond donors (Lipinski definition) is 1. The maximum atomic E-state index is 11.8. The Balaban J connectivity index is 1.95. The van der Waals surface area contributed by atoms with Crippen molar-refractivity contribution in [3.8, 4) is 5.75 Å². The quantitative estimate of drug-likeness (QED) is 0.885. The van der Waals surface area contributed by atoms with E-state index in [1.807, 2.05) is 6.20 Å². The highest BCUT2D eigenvalue weighted by atomic mass is 32.2. The molecule has 18 heavy (non-hydrogen) atoms. The maximum Gasteiger partial charge on any atom is 0.254 e. The van der Waals surface area contributed by atoms with Crippen molar-refractivity contribution in [3.63, 3.8) is 0 Å². The molecule has 0 saturated carbocycles. The molecule has 5 nitrogen and oxygen atoms in total. The van der Waals surface area contributed by atoms with E-state index in [1.165, 1.54) is 6.07 Å². The highest BCUT2D eigenvalue weighted by Gasteiger charge is 2.15. The first-order chi connectivity index (χ1) is 8.63. The molecular weight excluding hydrogens is 250 g/mol. The van der Waals surface area contributed by atoms with Gasteiger partial charge in [0.05, 0.1) is 12.2 Å². The van der Waals surface area contributed by atoms with Crippen molar-refractivity contribution in [2.24, 2.45) is 0 Å². The summed E-state index contributed by atoms with van der Waals surface area (Å²) in [5.41, 5.74) is 1.42. The Morgan fingerprint density at radius 3 is 3.06 bits per heavy atom. The van der Waals surface area contributed by atoms with Gasteiger partial charge in [-0.05, 0) is 13.0 Å². The number of nitrogens with zero attached hydrogens (tertiary/aromatic N) is 3. The van der Waals surface area contributed by atoms with Gasteiger partial charge in [0.1, 0.15) is 5.75 Å². The summed E-state index contributed by atoms with van der Waals surface area (Å²) < 4.78 is 3.73. The fraction of sp³-hybridized carbons (Fsp3) is 0.333. The molecule has 0 unspecified atom stereocenters. The molecule has 0 aromatic carbocycles. The van der Waals surface area contributed by atoms with E-state index in [9.17, 15) is 9.90 Å². The number of hydrogen-bond acceptors (Lipinski definition) is 4. The average molecular weight is 263 g/mol. The van der Waals surface area contributed by atoms with Crippen LogP contribution in [-0.4, -0.2) is 25.0 Å². The molecule has 0 bridgehead atoms. The summed E-state index contributed by atoms with van der Waals surface area (Å²) in [5, 5.41) is 10.4. The first kappa shape index (κ1) is 11.4. The Labute approximate surface area is 108 Å². The van der Waals surface area contributed by atoms with Crippen molar-refractivity contribution < 1.29 is 5.11 Å². The van der Waals surface area contributed by atoms with Gasteiger partial charge in [0.15, 0.2) is 5.16 Å². The van der Waals surface area contributed by atoms with Crippen molar-refractivity contribution in [2.45, 2.75) is 25.2 Å². The minimum atomic E-state index is -0.201. The molecule has 1 N–H and O–H groups in total. The molecule has 6 heteroatoms. The molecule has 0 amide bonds. The number of aromatic hydroxyl groups is 1. The molecule has 0 radical (unpaired) electrons. The predicted octanol–water partition coefficient (Wildman–Crippen LogP) is 1.21. The van der Waals surface area contributed by atoms with E-state index in [2.05, 4.69) is 9.55 Å². The molecule has 0 aliphatic carbocycles. The third-order valence-electron chi connectivity index (χ3n) is 2.99. The standard InChI is InChI=1S/C12H13N3O2S/c1-8-4-10(16)5-11(17)15(8)7-9-6-14-2-3-18-12(14)13-9/h4-6,16H,2-3,7H2,1H3. The normalized spacial score (nSPS) is 13.8. The number of aryl methyl sites for hydroxylation is 2. The molecule has 1 aliphatic heterocycles. The lowest BCUT2D eigenvalue weighted by atomic mass is 10.3. The van der Waals surface area contributed by atoms with E-state index in [-0.39, 0.29) is 11.3 Å². The van der Waals surface area contributed by atoms with Crippen molar-refractivity contribution in [3.05, 3.63) is 40.1 Å². The number of thioether (sulfide) groups is 1. The molecular formula is C12H13N3O2S. The van der Waals surface area contributed by atoms with E-state index in [0.29, 0.717) is 6.54 Å². The van der Waals surface area contributed by atoms with Gasteiger partial charge in [0, 0.05) is 30.3 Å². The first-order valence-electron chi connectivity index (χ1n) is 5.73. The zero-order valence-electron chi connectivity index (χ0n) is 9.96. The smallest absolute Gasteiger partial charge is 0.254 e. The van der Waals surface area contributed by atoms with Gasteiger partial charge < -0.3 is 14.2 Å². The van der Waals surface area contributed by atoms with Crippen molar-refractivity contribution >= 4 is 11.8 Å². The van der Waals surface area contributed by atoms with E-state index in [0.717, 1.165) is 28.8 Å². The van der Waals surface area contributed by atoms with Gasteiger partial charge in [0.2, 0.25) is 0 Å². The molecule has 94 valence electrons. The summed E-state index contributed by atoms with van der Waals surface area (Å²) in [4.78, 5) is 16.3. The van der Waals surface area contributed by atoms with Gasteiger partial charge in [0.25, 0.3) is 5.56 Å². The topological polar surface area (TPSA) is 60.0 Å². The zero-order valence-corrected chi connectivity index (χ0v) is 10.8. The van der Waals surface area contributed by atoms with Crippen LogP contribution in [0.3, 0.4) is 0 Å². The van der Waals surface area contributed by atoms with Crippen LogP contribution in [0.5, 0.6) is 5.75 Å².